The number of hydrogen-bond acceptors (Lipinski definition) is 6. The number of amides is 1. The molecule has 2 saturated heterocycles. The fourth-order valence-electron chi connectivity index (χ4n) is 3.73. The highest BCUT2D eigenvalue weighted by Gasteiger charge is 2.45. The van der Waals surface area contributed by atoms with Crippen molar-refractivity contribution in [1.82, 2.24) is 19.2 Å². The molecular weight excluding hydrogens is 384 g/mol. The molecule has 0 radical (unpaired) electrons. The van der Waals surface area contributed by atoms with E-state index < -0.39 is 21.7 Å². The highest BCUT2D eigenvalue weighted by Crippen LogP contribution is 2.31. The van der Waals surface area contributed by atoms with Crippen LogP contribution in [0.5, 0.6) is 0 Å². The van der Waals surface area contributed by atoms with Crippen LogP contribution in [0, 0.1) is 5.92 Å². The first-order valence-corrected chi connectivity index (χ1v) is 11.1. The first kappa shape index (κ1) is 21.1. The summed E-state index contributed by atoms with van der Waals surface area (Å²) in [4.78, 5) is 16.3. The Morgan fingerprint density at radius 3 is 2.64 bits per heavy atom. The van der Waals surface area contributed by atoms with Crippen molar-refractivity contribution < 1.29 is 22.7 Å². The Labute approximate surface area is 166 Å². The molecule has 1 N–H and O–H groups in total. The Kier molecular flexibility index (Phi) is 6.02. The molecule has 1 aromatic heterocycles. The molecule has 1 amide bonds. The number of nitrogens with one attached hydrogen (secondary N) is 1. The van der Waals surface area contributed by atoms with Crippen LogP contribution in [0.2, 0.25) is 0 Å². The van der Waals surface area contributed by atoms with Crippen molar-refractivity contribution in [3.8, 4) is 0 Å². The van der Waals surface area contributed by atoms with Gasteiger partial charge in [-0.1, -0.05) is 0 Å². The van der Waals surface area contributed by atoms with Crippen LogP contribution in [0.15, 0.2) is 17.6 Å². The van der Waals surface area contributed by atoms with E-state index in [4.69, 9.17) is 9.47 Å². The summed E-state index contributed by atoms with van der Waals surface area (Å²) in [5.41, 5.74) is -0.626. The molecule has 2 aliphatic rings. The monoisotopic (exact) mass is 414 g/mol. The number of rotatable bonds is 4. The zero-order valence-electron chi connectivity index (χ0n) is 16.9. The first-order chi connectivity index (χ1) is 13.1. The second-order valence-corrected chi connectivity index (χ2v) is 10.4. The lowest BCUT2D eigenvalue weighted by Crippen LogP contribution is -2.47. The van der Waals surface area contributed by atoms with Crippen LogP contribution in [0.25, 0.3) is 0 Å². The van der Waals surface area contributed by atoms with E-state index in [0.29, 0.717) is 6.61 Å². The Morgan fingerprint density at radius 2 is 2.07 bits per heavy atom. The topological polar surface area (TPSA) is 103 Å². The largest absolute Gasteiger partial charge is 0.444 e. The number of ether oxygens (including phenoxy) is 2. The van der Waals surface area contributed by atoms with Gasteiger partial charge in [-0.2, -0.15) is 4.31 Å². The van der Waals surface area contributed by atoms with E-state index in [9.17, 15) is 13.2 Å². The van der Waals surface area contributed by atoms with E-state index >= 15 is 0 Å². The molecule has 0 bridgehead atoms. The Bertz CT molecular complexity index is 795. The Balaban J connectivity index is 1.78. The highest BCUT2D eigenvalue weighted by atomic mass is 32.2. The van der Waals surface area contributed by atoms with Crippen LogP contribution >= 0.6 is 0 Å². The van der Waals surface area contributed by atoms with E-state index in [1.165, 1.54) is 16.8 Å². The standard InChI is InChI=1S/C18H30N4O5S/c1-18(2,3)27-17(23)20-14-10-22(9-13(14)15-7-5-6-8-26-15)28(24,25)16-11-21(4)12-19-16/h11-15H,5-10H2,1-4H3,(H,20,23). The van der Waals surface area contributed by atoms with Crippen molar-refractivity contribution in [3.05, 3.63) is 12.5 Å². The normalized spacial score (nSPS) is 26.9. The number of carbonyl (C=O) groups is 1. The summed E-state index contributed by atoms with van der Waals surface area (Å²) in [7, 11) is -2.02. The molecular formula is C18H30N4O5S. The van der Waals surface area contributed by atoms with Crippen molar-refractivity contribution >= 4 is 16.1 Å². The molecule has 3 heterocycles. The molecule has 0 saturated carbocycles. The number of aryl methyl sites for hydroxylation is 1. The van der Waals surface area contributed by atoms with Gasteiger partial charge in [-0.15, -0.1) is 0 Å². The van der Waals surface area contributed by atoms with Gasteiger partial charge in [0, 0.05) is 38.9 Å². The third kappa shape index (κ3) is 4.84. The summed E-state index contributed by atoms with van der Waals surface area (Å²) in [6.45, 7) is 6.49. The number of sulfonamides is 1. The summed E-state index contributed by atoms with van der Waals surface area (Å²) in [5.74, 6) is -0.133. The van der Waals surface area contributed by atoms with Crippen LogP contribution in [-0.4, -0.2) is 65.8 Å². The lowest BCUT2D eigenvalue weighted by Gasteiger charge is -2.31. The third-order valence-corrected chi connectivity index (χ3v) is 6.73. The van der Waals surface area contributed by atoms with Crippen molar-refractivity contribution in [3.63, 3.8) is 0 Å². The number of carbonyl (C=O) groups excluding carboxylic acids is 1. The average Bonchev–Trinajstić information content (AvgIpc) is 3.21. The second-order valence-electron chi connectivity index (χ2n) is 8.52. The van der Waals surface area contributed by atoms with Crippen molar-refractivity contribution in [2.75, 3.05) is 19.7 Å². The van der Waals surface area contributed by atoms with Gasteiger partial charge in [-0.3, -0.25) is 0 Å². The summed E-state index contributed by atoms with van der Waals surface area (Å²) < 4.78 is 40.3. The minimum absolute atomic E-state index is 0.0104. The van der Waals surface area contributed by atoms with Crippen molar-refractivity contribution in [1.29, 1.82) is 0 Å². The fraction of sp³-hybridized carbons (Fsp3) is 0.778. The van der Waals surface area contributed by atoms with Crippen molar-refractivity contribution in [2.45, 2.75) is 62.8 Å². The molecule has 2 aliphatic heterocycles. The van der Waals surface area contributed by atoms with Crippen LogP contribution in [0.4, 0.5) is 4.79 Å². The van der Waals surface area contributed by atoms with Gasteiger partial charge >= 0.3 is 6.09 Å². The average molecular weight is 415 g/mol. The van der Waals surface area contributed by atoms with Crippen molar-refractivity contribution in [2.24, 2.45) is 13.0 Å². The van der Waals surface area contributed by atoms with Gasteiger partial charge in [-0.05, 0) is 40.0 Å². The maximum Gasteiger partial charge on any atom is 0.407 e. The predicted molar refractivity (Wildman–Crippen MR) is 102 cm³/mol. The van der Waals surface area contributed by atoms with Crippen LogP contribution in [-0.2, 0) is 26.5 Å². The SMILES string of the molecule is Cn1cnc(S(=O)(=O)N2CC(NC(=O)OC(C)(C)C)C(C3CCCCO3)C2)c1. The molecule has 158 valence electrons. The smallest absolute Gasteiger partial charge is 0.407 e. The first-order valence-electron chi connectivity index (χ1n) is 9.65. The summed E-state index contributed by atoms with van der Waals surface area (Å²) in [6.07, 6.45) is 5.20. The number of aromatic nitrogens is 2. The molecule has 0 spiro atoms. The zero-order chi connectivity index (χ0) is 20.5. The van der Waals surface area contributed by atoms with Gasteiger partial charge in [0.25, 0.3) is 10.0 Å². The molecule has 28 heavy (non-hydrogen) atoms. The van der Waals surface area contributed by atoms with Gasteiger partial charge < -0.3 is 19.4 Å². The van der Waals surface area contributed by atoms with E-state index in [-0.39, 0.29) is 36.2 Å². The molecule has 0 aliphatic carbocycles. The van der Waals surface area contributed by atoms with E-state index in [2.05, 4.69) is 10.3 Å². The predicted octanol–water partition coefficient (Wildman–Crippen LogP) is 1.50. The van der Waals surface area contributed by atoms with E-state index in [1.807, 2.05) is 0 Å². The summed E-state index contributed by atoms with van der Waals surface area (Å²) in [5, 5.41) is 2.88. The number of nitrogens with zero attached hydrogens (tertiary/aromatic N) is 3. The third-order valence-electron chi connectivity index (χ3n) is 5.01. The molecule has 9 nitrogen and oxygen atoms in total. The van der Waals surface area contributed by atoms with E-state index in [0.717, 1.165) is 19.3 Å². The van der Waals surface area contributed by atoms with Crippen LogP contribution in [0.1, 0.15) is 40.0 Å². The van der Waals surface area contributed by atoms with Gasteiger partial charge in [0.2, 0.25) is 0 Å². The van der Waals surface area contributed by atoms with Gasteiger partial charge in [0.1, 0.15) is 5.60 Å². The lowest BCUT2D eigenvalue weighted by atomic mass is 9.91. The lowest BCUT2D eigenvalue weighted by molar-refractivity contribution is -0.0237. The Morgan fingerprint density at radius 1 is 1.32 bits per heavy atom. The van der Waals surface area contributed by atoms with Crippen LogP contribution in [0.3, 0.4) is 0 Å². The molecule has 3 unspecified atom stereocenters. The van der Waals surface area contributed by atoms with Gasteiger partial charge in [0.15, 0.2) is 5.03 Å². The number of imidazole rings is 1. The molecule has 3 atom stereocenters. The molecule has 1 aromatic rings. The molecule has 10 heteroatoms. The molecule has 2 fully saturated rings. The minimum Gasteiger partial charge on any atom is -0.444 e. The maximum atomic E-state index is 13.0. The summed E-state index contributed by atoms with van der Waals surface area (Å²) >= 11 is 0. The Hall–Kier alpha value is -1.65. The number of alkyl carbamates (subject to hydrolysis) is 1. The van der Waals surface area contributed by atoms with E-state index in [1.54, 1.807) is 32.4 Å². The number of hydrogen-bond donors (Lipinski definition) is 1. The molecule has 3 rings (SSSR count). The summed E-state index contributed by atoms with van der Waals surface area (Å²) in [6, 6.07) is -0.378. The van der Waals surface area contributed by atoms with Gasteiger partial charge in [-0.25, -0.2) is 18.2 Å². The minimum atomic E-state index is -3.74. The van der Waals surface area contributed by atoms with Gasteiger partial charge in [0.05, 0.1) is 18.5 Å². The fourth-order valence-corrected chi connectivity index (χ4v) is 5.20. The zero-order valence-corrected chi connectivity index (χ0v) is 17.7. The molecule has 0 aromatic carbocycles. The second kappa shape index (κ2) is 8.00. The quantitative estimate of drug-likeness (QED) is 0.801. The highest BCUT2D eigenvalue weighted by molar-refractivity contribution is 7.89. The van der Waals surface area contributed by atoms with Crippen LogP contribution < -0.4 is 5.32 Å². The maximum absolute atomic E-state index is 13.0.